The van der Waals surface area contributed by atoms with Crippen molar-refractivity contribution in [2.75, 3.05) is 30.8 Å². The smallest absolute Gasteiger partial charge is 0.265 e. The summed E-state index contributed by atoms with van der Waals surface area (Å²) in [5.74, 6) is 1.03. The van der Waals surface area contributed by atoms with Crippen LogP contribution in [0, 0.1) is 0 Å². The van der Waals surface area contributed by atoms with Crippen LogP contribution in [0.25, 0.3) is 0 Å². The lowest BCUT2D eigenvalue weighted by Crippen LogP contribution is -2.27. The average molecular weight is 260 g/mol. The van der Waals surface area contributed by atoms with Crippen molar-refractivity contribution in [1.29, 1.82) is 0 Å². The number of nitrogens with one attached hydrogen (secondary N) is 1. The second-order valence-electron chi connectivity index (χ2n) is 3.87. The second-order valence-corrected chi connectivity index (χ2v) is 3.87. The van der Waals surface area contributed by atoms with Gasteiger partial charge in [-0.3, -0.25) is 0 Å². The highest BCUT2D eigenvalue weighted by Crippen LogP contribution is 2.36. The van der Waals surface area contributed by atoms with Gasteiger partial charge in [0.25, 0.3) is 6.43 Å². The molecule has 0 fully saturated rings. The van der Waals surface area contributed by atoms with Gasteiger partial charge in [0.1, 0.15) is 19.3 Å². The summed E-state index contributed by atoms with van der Waals surface area (Å²) < 4.78 is 34.9. The van der Waals surface area contributed by atoms with Gasteiger partial charge in [-0.25, -0.2) is 8.78 Å². The lowest BCUT2D eigenvalue weighted by atomic mass is 10.2. The molecule has 0 spiro atoms. The molecule has 0 saturated heterocycles. The minimum absolute atomic E-state index is 0.290. The lowest BCUT2D eigenvalue weighted by molar-refractivity contribution is 0.00385. The molecule has 0 saturated carbocycles. The van der Waals surface area contributed by atoms with E-state index in [1.165, 1.54) is 0 Å². The first-order chi connectivity index (χ1) is 8.58. The molecule has 0 aliphatic carbocycles. The van der Waals surface area contributed by atoms with Gasteiger partial charge in [-0.15, -0.1) is 0 Å². The third kappa shape index (κ3) is 2.73. The number of benzene rings is 1. The number of anilines is 2. The number of nitrogens with two attached hydrogens (primary N) is 1. The van der Waals surface area contributed by atoms with E-state index in [0.717, 1.165) is 0 Å². The number of nitrogen functional groups attached to an aromatic ring is 1. The fourth-order valence-corrected chi connectivity index (χ4v) is 1.56. The number of fused-ring (bicyclic) bond motifs is 1. The van der Waals surface area contributed by atoms with E-state index in [1.807, 2.05) is 0 Å². The molecule has 2 rings (SSSR count). The quantitative estimate of drug-likeness (QED) is 0.706. The van der Waals surface area contributed by atoms with Gasteiger partial charge in [0.2, 0.25) is 0 Å². The highest BCUT2D eigenvalue weighted by molar-refractivity contribution is 5.72. The Labute approximate surface area is 102 Å². The second kappa shape index (κ2) is 5.26. The fourth-order valence-electron chi connectivity index (χ4n) is 1.56. The normalized spacial score (nSPS) is 15.6. The molecule has 1 aromatic rings. The number of aliphatic hydroxyl groups excluding tert-OH is 1. The third-order valence-electron chi connectivity index (χ3n) is 2.51. The van der Waals surface area contributed by atoms with Crippen LogP contribution in [0.2, 0.25) is 0 Å². The van der Waals surface area contributed by atoms with Crippen molar-refractivity contribution in [3.8, 4) is 11.5 Å². The minimum atomic E-state index is -2.80. The summed E-state index contributed by atoms with van der Waals surface area (Å²) >= 11 is 0. The zero-order chi connectivity index (χ0) is 13.1. The Bertz CT molecular complexity index is 429. The molecule has 0 bridgehead atoms. The van der Waals surface area contributed by atoms with E-state index in [9.17, 15) is 8.78 Å². The molecule has 1 atom stereocenters. The number of hydrogen-bond donors (Lipinski definition) is 3. The van der Waals surface area contributed by atoms with E-state index in [4.69, 9.17) is 20.3 Å². The van der Waals surface area contributed by atoms with Gasteiger partial charge in [-0.05, 0) is 0 Å². The van der Waals surface area contributed by atoms with Crippen LogP contribution in [0.5, 0.6) is 11.5 Å². The van der Waals surface area contributed by atoms with Crippen molar-refractivity contribution in [2.45, 2.75) is 12.5 Å². The Morgan fingerprint density at radius 1 is 1.28 bits per heavy atom. The molecule has 1 aliphatic heterocycles. The van der Waals surface area contributed by atoms with Crippen LogP contribution >= 0.6 is 0 Å². The molecule has 100 valence electrons. The van der Waals surface area contributed by atoms with Crippen molar-refractivity contribution in [3.05, 3.63) is 12.1 Å². The Morgan fingerprint density at radius 3 is 2.50 bits per heavy atom. The topological polar surface area (TPSA) is 76.7 Å². The first-order valence-electron chi connectivity index (χ1n) is 5.47. The molecule has 0 aromatic heterocycles. The van der Waals surface area contributed by atoms with Gasteiger partial charge in [-0.1, -0.05) is 0 Å². The number of aliphatic hydroxyl groups is 1. The summed E-state index contributed by atoms with van der Waals surface area (Å²) in [5.41, 5.74) is 6.52. The summed E-state index contributed by atoms with van der Waals surface area (Å²) in [6, 6.07) is 3.13. The molecule has 5 nitrogen and oxygen atoms in total. The van der Waals surface area contributed by atoms with Gasteiger partial charge in [0.15, 0.2) is 11.5 Å². The Hall–Kier alpha value is -1.76. The van der Waals surface area contributed by atoms with Crippen LogP contribution in [-0.4, -0.2) is 37.4 Å². The minimum Gasteiger partial charge on any atom is -0.486 e. The van der Waals surface area contributed by atoms with Crippen molar-refractivity contribution in [1.82, 2.24) is 0 Å². The molecule has 4 N–H and O–H groups in total. The van der Waals surface area contributed by atoms with Crippen molar-refractivity contribution < 1.29 is 23.4 Å². The zero-order valence-corrected chi connectivity index (χ0v) is 9.53. The van der Waals surface area contributed by atoms with Crippen LogP contribution in [-0.2, 0) is 0 Å². The van der Waals surface area contributed by atoms with Gasteiger partial charge in [0.05, 0.1) is 11.4 Å². The van der Waals surface area contributed by atoms with Crippen LogP contribution in [0.1, 0.15) is 0 Å². The number of halogens is 2. The molecule has 1 heterocycles. The van der Waals surface area contributed by atoms with Crippen LogP contribution in [0.4, 0.5) is 20.2 Å². The maximum Gasteiger partial charge on any atom is 0.265 e. The van der Waals surface area contributed by atoms with Crippen LogP contribution in [0.3, 0.4) is 0 Å². The Morgan fingerprint density at radius 2 is 1.89 bits per heavy atom. The number of alkyl halides is 2. The first-order valence-corrected chi connectivity index (χ1v) is 5.47. The molecule has 7 heteroatoms. The summed E-state index contributed by atoms with van der Waals surface area (Å²) in [6.45, 7) is 0.584. The predicted molar refractivity (Wildman–Crippen MR) is 62.3 cm³/mol. The van der Waals surface area contributed by atoms with Gasteiger partial charge < -0.3 is 25.6 Å². The van der Waals surface area contributed by atoms with Gasteiger partial charge >= 0.3 is 0 Å². The van der Waals surface area contributed by atoms with E-state index in [2.05, 4.69) is 5.32 Å². The predicted octanol–water partition coefficient (Wildman–Crippen LogP) is 1.08. The number of hydrogen-bond acceptors (Lipinski definition) is 5. The lowest BCUT2D eigenvalue weighted by Gasteiger charge is -2.21. The average Bonchev–Trinajstić information content (AvgIpc) is 2.35. The highest BCUT2D eigenvalue weighted by atomic mass is 19.3. The SMILES string of the molecule is Nc1cc2c(cc1NCC(O)C(F)F)OCCO2. The summed E-state index contributed by atoms with van der Waals surface area (Å²) in [7, 11) is 0. The van der Waals surface area contributed by atoms with Crippen molar-refractivity contribution in [3.63, 3.8) is 0 Å². The molecule has 1 aromatic carbocycles. The highest BCUT2D eigenvalue weighted by Gasteiger charge is 2.18. The van der Waals surface area contributed by atoms with E-state index >= 15 is 0 Å². The number of ether oxygens (including phenoxy) is 2. The largest absolute Gasteiger partial charge is 0.486 e. The van der Waals surface area contributed by atoms with E-state index < -0.39 is 12.5 Å². The van der Waals surface area contributed by atoms with Gasteiger partial charge in [-0.2, -0.15) is 0 Å². The van der Waals surface area contributed by atoms with Crippen LogP contribution in [0.15, 0.2) is 12.1 Å². The first kappa shape index (κ1) is 12.7. The van der Waals surface area contributed by atoms with Crippen LogP contribution < -0.4 is 20.5 Å². The fraction of sp³-hybridized carbons (Fsp3) is 0.455. The zero-order valence-electron chi connectivity index (χ0n) is 9.53. The standard InChI is InChI=1S/C11H14F2N2O3/c12-11(13)8(16)5-15-7-4-10-9(3-6(7)14)17-1-2-18-10/h3-4,8,11,15-16H,1-2,5,14H2. The third-order valence-corrected chi connectivity index (χ3v) is 2.51. The molecule has 1 unspecified atom stereocenters. The molecule has 0 radical (unpaired) electrons. The Kier molecular flexibility index (Phi) is 3.71. The summed E-state index contributed by atoms with van der Waals surface area (Å²) in [5, 5.41) is 11.7. The summed E-state index contributed by atoms with van der Waals surface area (Å²) in [6.07, 6.45) is -4.53. The maximum atomic E-state index is 12.1. The number of rotatable bonds is 4. The van der Waals surface area contributed by atoms with Gasteiger partial charge in [0, 0.05) is 18.7 Å². The van der Waals surface area contributed by atoms with Crippen molar-refractivity contribution in [2.24, 2.45) is 0 Å². The summed E-state index contributed by atoms with van der Waals surface area (Å²) in [4.78, 5) is 0. The molecular weight excluding hydrogens is 246 g/mol. The maximum absolute atomic E-state index is 12.1. The molecule has 0 amide bonds. The van der Waals surface area contributed by atoms with E-state index in [0.29, 0.717) is 36.1 Å². The molecule has 1 aliphatic rings. The molecular formula is C11H14F2N2O3. The van der Waals surface area contributed by atoms with E-state index in [1.54, 1.807) is 12.1 Å². The van der Waals surface area contributed by atoms with E-state index in [-0.39, 0.29) is 6.54 Å². The van der Waals surface area contributed by atoms with Crippen molar-refractivity contribution >= 4 is 11.4 Å². The molecule has 18 heavy (non-hydrogen) atoms. The Balaban J connectivity index is 2.08. The monoisotopic (exact) mass is 260 g/mol.